The molecule has 0 unspecified atom stereocenters. The summed E-state index contributed by atoms with van der Waals surface area (Å²) in [6, 6.07) is 6.68. The lowest BCUT2D eigenvalue weighted by Gasteiger charge is -2.29. The molecule has 2 heterocycles. The monoisotopic (exact) mass is 347 g/mol. The van der Waals surface area contributed by atoms with E-state index in [1.165, 1.54) is 23.3 Å². The highest BCUT2D eigenvalue weighted by Crippen LogP contribution is 2.32. The highest BCUT2D eigenvalue weighted by atomic mass is 16.7. The number of benzene rings is 1. The molecule has 3 aliphatic rings. The molecule has 1 saturated carbocycles. The molecule has 2 aliphatic heterocycles. The molecule has 1 amide bonds. The lowest BCUT2D eigenvalue weighted by atomic mass is 10.1. The summed E-state index contributed by atoms with van der Waals surface area (Å²) in [5, 5.41) is 3.21. The molecule has 1 aromatic rings. The largest absolute Gasteiger partial charge is 0.454 e. The first-order valence-corrected chi connectivity index (χ1v) is 9.61. The van der Waals surface area contributed by atoms with Crippen molar-refractivity contribution in [1.82, 2.24) is 5.32 Å². The second-order valence-corrected chi connectivity index (χ2v) is 7.59. The zero-order valence-corrected chi connectivity index (χ0v) is 14.8. The lowest BCUT2D eigenvalue weighted by molar-refractivity contribution is -1.02. The predicted octanol–water partition coefficient (Wildman–Crippen LogP) is -1.24. The Morgan fingerprint density at radius 2 is 1.76 bits per heavy atom. The topological polar surface area (TPSA) is 56.4 Å². The molecule has 0 radical (unpaired) electrons. The molecule has 6 heteroatoms. The van der Waals surface area contributed by atoms with Gasteiger partial charge in [-0.05, 0) is 31.0 Å². The van der Waals surface area contributed by atoms with Gasteiger partial charge in [-0.15, -0.1) is 0 Å². The number of carbonyl (C=O) groups is 1. The number of rotatable bonds is 5. The second-order valence-electron chi connectivity index (χ2n) is 7.59. The number of ether oxygens (including phenoxy) is 2. The molecule has 0 aromatic heterocycles. The number of quaternary nitrogens is 2. The molecule has 25 heavy (non-hydrogen) atoms. The summed E-state index contributed by atoms with van der Waals surface area (Å²) in [6.45, 7) is 6.33. The third kappa shape index (κ3) is 4.25. The van der Waals surface area contributed by atoms with Crippen LogP contribution < -0.4 is 24.6 Å². The molecule has 0 bridgehead atoms. The molecule has 136 valence electrons. The number of fused-ring (bicyclic) bond motifs is 1. The normalized spacial score (nSPS) is 25.9. The van der Waals surface area contributed by atoms with Crippen LogP contribution in [0.15, 0.2) is 18.2 Å². The summed E-state index contributed by atoms with van der Waals surface area (Å²) >= 11 is 0. The second kappa shape index (κ2) is 7.62. The fraction of sp³-hybridized carbons (Fsp3) is 0.632. The van der Waals surface area contributed by atoms with Gasteiger partial charge in [0.25, 0.3) is 5.91 Å². The van der Waals surface area contributed by atoms with Gasteiger partial charge in [0.05, 0.1) is 0 Å². The van der Waals surface area contributed by atoms with E-state index in [0.29, 0.717) is 19.4 Å². The molecule has 1 aliphatic carbocycles. The number of carbonyl (C=O) groups excluding carboxylic acids is 1. The van der Waals surface area contributed by atoms with Crippen LogP contribution in [0.25, 0.3) is 0 Å². The Morgan fingerprint density at radius 1 is 1.04 bits per heavy atom. The summed E-state index contributed by atoms with van der Waals surface area (Å²) in [7, 11) is 0. The number of hydrogen-bond acceptors (Lipinski definition) is 3. The number of hydrogen-bond donors (Lipinski definition) is 3. The SMILES string of the molecule is O=C(C[NH+]1CC[NH+](Cc2ccc3c(c2)OCO3)CC1)NC1CCCC1. The molecule has 6 nitrogen and oxygen atoms in total. The summed E-state index contributed by atoms with van der Waals surface area (Å²) < 4.78 is 10.8. The van der Waals surface area contributed by atoms with Crippen LogP contribution in [-0.2, 0) is 11.3 Å². The Bertz CT molecular complexity index is 608. The van der Waals surface area contributed by atoms with Crippen molar-refractivity contribution < 1.29 is 24.1 Å². The van der Waals surface area contributed by atoms with Crippen LogP contribution in [0.2, 0.25) is 0 Å². The van der Waals surface area contributed by atoms with Crippen LogP contribution in [0.3, 0.4) is 0 Å². The Balaban J connectivity index is 1.21. The van der Waals surface area contributed by atoms with Crippen LogP contribution >= 0.6 is 0 Å². The Labute approximate surface area is 149 Å². The Hall–Kier alpha value is -1.79. The van der Waals surface area contributed by atoms with Crippen molar-refractivity contribution in [2.24, 2.45) is 0 Å². The van der Waals surface area contributed by atoms with Gasteiger partial charge in [0.1, 0.15) is 32.7 Å². The number of piperazine rings is 1. The van der Waals surface area contributed by atoms with E-state index < -0.39 is 0 Å². The lowest BCUT2D eigenvalue weighted by Crippen LogP contribution is -3.28. The molecule has 2 fully saturated rings. The van der Waals surface area contributed by atoms with Crippen LogP contribution in [0.4, 0.5) is 0 Å². The van der Waals surface area contributed by atoms with Crippen molar-refractivity contribution in [2.75, 3.05) is 39.5 Å². The minimum absolute atomic E-state index is 0.237. The summed E-state index contributed by atoms with van der Waals surface area (Å²) in [6.07, 6.45) is 4.85. The molecule has 1 aromatic carbocycles. The van der Waals surface area contributed by atoms with Crippen LogP contribution in [-0.4, -0.2) is 51.5 Å². The molecule has 0 spiro atoms. The quantitative estimate of drug-likeness (QED) is 0.624. The standard InChI is InChI=1S/C19H27N3O3/c23-19(20-16-3-1-2-4-16)13-22-9-7-21(8-10-22)12-15-5-6-17-18(11-15)25-14-24-17/h5-6,11,16H,1-4,7-10,12-14H2,(H,20,23)/p+2. The van der Waals surface area contributed by atoms with Gasteiger partial charge in [0.2, 0.25) is 6.79 Å². The van der Waals surface area contributed by atoms with Crippen molar-refractivity contribution >= 4 is 5.91 Å². The number of amides is 1. The first kappa shape index (κ1) is 16.7. The number of nitrogens with one attached hydrogen (secondary N) is 3. The summed E-state index contributed by atoms with van der Waals surface area (Å²) in [4.78, 5) is 15.2. The molecule has 1 saturated heterocycles. The highest BCUT2D eigenvalue weighted by molar-refractivity contribution is 5.77. The van der Waals surface area contributed by atoms with Crippen molar-refractivity contribution in [2.45, 2.75) is 38.3 Å². The highest BCUT2D eigenvalue weighted by Gasteiger charge is 2.26. The molecular formula is C19H29N3O3+2. The van der Waals surface area contributed by atoms with Gasteiger partial charge in [0.15, 0.2) is 18.0 Å². The molecule has 3 N–H and O–H groups in total. The first-order valence-electron chi connectivity index (χ1n) is 9.61. The predicted molar refractivity (Wildman–Crippen MR) is 92.9 cm³/mol. The van der Waals surface area contributed by atoms with Gasteiger partial charge in [-0.1, -0.05) is 12.8 Å². The van der Waals surface area contributed by atoms with Crippen molar-refractivity contribution in [1.29, 1.82) is 0 Å². The van der Waals surface area contributed by atoms with Crippen molar-refractivity contribution in [3.05, 3.63) is 23.8 Å². The zero-order chi connectivity index (χ0) is 17.1. The van der Waals surface area contributed by atoms with E-state index in [-0.39, 0.29) is 5.91 Å². The summed E-state index contributed by atoms with van der Waals surface area (Å²) in [5.41, 5.74) is 1.29. The fourth-order valence-corrected chi connectivity index (χ4v) is 4.23. The maximum Gasteiger partial charge on any atom is 0.275 e. The zero-order valence-electron chi connectivity index (χ0n) is 14.8. The minimum atomic E-state index is 0.237. The van der Waals surface area contributed by atoms with Crippen LogP contribution in [0, 0.1) is 0 Å². The maximum absolute atomic E-state index is 12.2. The Morgan fingerprint density at radius 3 is 2.56 bits per heavy atom. The smallest absolute Gasteiger partial charge is 0.275 e. The maximum atomic E-state index is 12.2. The van der Waals surface area contributed by atoms with E-state index >= 15 is 0 Å². The van der Waals surface area contributed by atoms with Crippen molar-refractivity contribution in [3.63, 3.8) is 0 Å². The van der Waals surface area contributed by atoms with E-state index in [0.717, 1.165) is 57.1 Å². The van der Waals surface area contributed by atoms with Crippen LogP contribution in [0.1, 0.15) is 31.2 Å². The Kier molecular flexibility index (Phi) is 5.08. The van der Waals surface area contributed by atoms with E-state index in [9.17, 15) is 4.79 Å². The average Bonchev–Trinajstić information content (AvgIpc) is 3.27. The van der Waals surface area contributed by atoms with E-state index in [1.54, 1.807) is 4.90 Å². The van der Waals surface area contributed by atoms with Gasteiger partial charge in [-0.2, -0.15) is 0 Å². The van der Waals surface area contributed by atoms with Gasteiger partial charge in [0, 0.05) is 11.6 Å². The molecule has 4 rings (SSSR count). The van der Waals surface area contributed by atoms with Crippen LogP contribution in [0.5, 0.6) is 11.5 Å². The van der Waals surface area contributed by atoms with Gasteiger partial charge < -0.3 is 24.6 Å². The van der Waals surface area contributed by atoms with E-state index in [2.05, 4.69) is 17.4 Å². The fourth-order valence-electron chi connectivity index (χ4n) is 4.23. The average molecular weight is 347 g/mol. The minimum Gasteiger partial charge on any atom is -0.454 e. The third-order valence-electron chi connectivity index (χ3n) is 5.69. The van der Waals surface area contributed by atoms with Gasteiger partial charge in [-0.25, -0.2) is 0 Å². The van der Waals surface area contributed by atoms with Gasteiger partial charge in [-0.3, -0.25) is 4.79 Å². The molecular weight excluding hydrogens is 318 g/mol. The van der Waals surface area contributed by atoms with E-state index in [4.69, 9.17) is 9.47 Å². The summed E-state index contributed by atoms with van der Waals surface area (Å²) in [5.74, 6) is 1.95. The van der Waals surface area contributed by atoms with Crippen molar-refractivity contribution in [3.8, 4) is 11.5 Å². The van der Waals surface area contributed by atoms with Gasteiger partial charge >= 0.3 is 0 Å². The third-order valence-corrected chi connectivity index (χ3v) is 5.69. The first-order chi connectivity index (χ1) is 12.3. The molecule has 0 atom stereocenters. The van der Waals surface area contributed by atoms with E-state index in [1.807, 2.05) is 6.07 Å².